The second kappa shape index (κ2) is 13.2. The highest BCUT2D eigenvalue weighted by Gasteiger charge is 2.18. The van der Waals surface area contributed by atoms with Crippen molar-refractivity contribution in [3.05, 3.63) is 93.6 Å². The zero-order valence-electron chi connectivity index (χ0n) is 23.0. The lowest BCUT2D eigenvalue weighted by Crippen LogP contribution is -2.23. The number of aryl methyl sites for hydroxylation is 2. The number of benzene rings is 2. The molecule has 0 aliphatic heterocycles. The van der Waals surface area contributed by atoms with Crippen LogP contribution in [-0.2, 0) is 11.4 Å². The third kappa shape index (κ3) is 7.37. The van der Waals surface area contributed by atoms with Gasteiger partial charge in [-0.1, -0.05) is 0 Å². The van der Waals surface area contributed by atoms with E-state index in [1.807, 2.05) is 24.3 Å². The maximum Gasteiger partial charge on any atom is 0.344 e. The number of furan rings is 1. The molecule has 0 bridgehead atoms. The van der Waals surface area contributed by atoms with Crippen molar-refractivity contribution in [3.63, 3.8) is 0 Å². The predicted molar refractivity (Wildman–Crippen MR) is 156 cm³/mol. The van der Waals surface area contributed by atoms with Gasteiger partial charge in [-0.25, -0.2) is 10.2 Å². The van der Waals surface area contributed by atoms with Crippen molar-refractivity contribution in [1.82, 2.24) is 9.99 Å². The van der Waals surface area contributed by atoms with Crippen LogP contribution < -0.4 is 19.6 Å². The Morgan fingerprint density at radius 2 is 1.76 bits per heavy atom. The molecule has 41 heavy (non-hydrogen) atoms. The summed E-state index contributed by atoms with van der Waals surface area (Å²) in [5.41, 5.74) is 6.36. The van der Waals surface area contributed by atoms with Crippen LogP contribution in [0.25, 0.3) is 5.69 Å². The Morgan fingerprint density at radius 3 is 2.41 bits per heavy atom. The highest BCUT2D eigenvalue weighted by Crippen LogP contribution is 2.34. The number of nitrogens with one attached hydrogen (secondary N) is 1. The molecule has 0 radical (unpaired) electrons. The standard InChI is InChI=1S/C30H30BrN3O7/c1-5-38-27-14-21(25(31)15-28(27)40-20(4)30(36)37)16-32-33-29(35)26-13-12-24(41-26)17-39-23-10-8-22(9-11-23)34-18(2)6-7-19(34)3/h6-16,20H,5,17H2,1-4H3,(H,33,35)(H,36,37)/b32-16+/t20-/m0/s1. The number of carbonyl (C=O) groups is 2. The van der Waals surface area contributed by atoms with Gasteiger partial charge in [-0.05, 0) is 104 Å². The Kier molecular flexibility index (Phi) is 9.51. The third-order valence-electron chi connectivity index (χ3n) is 6.02. The number of carboxylic acids is 1. The summed E-state index contributed by atoms with van der Waals surface area (Å²) in [6.45, 7) is 7.83. The molecule has 0 fully saturated rings. The molecule has 4 rings (SSSR count). The number of aromatic nitrogens is 1. The van der Waals surface area contributed by atoms with Crippen LogP contribution in [0.15, 0.2) is 74.7 Å². The molecule has 0 aliphatic rings. The zero-order valence-corrected chi connectivity index (χ0v) is 24.6. The first kappa shape index (κ1) is 29.5. The summed E-state index contributed by atoms with van der Waals surface area (Å²) in [6, 6.07) is 18.3. The van der Waals surface area contributed by atoms with Gasteiger partial charge >= 0.3 is 11.9 Å². The van der Waals surface area contributed by atoms with Crippen LogP contribution in [0.2, 0.25) is 0 Å². The van der Waals surface area contributed by atoms with Crippen molar-refractivity contribution in [3.8, 4) is 22.9 Å². The van der Waals surface area contributed by atoms with Crippen LogP contribution in [0.4, 0.5) is 0 Å². The molecule has 0 spiro atoms. The first-order valence-electron chi connectivity index (χ1n) is 12.8. The van der Waals surface area contributed by atoms with E-state index in [1.54, 1.807) is 31.2 Å². The van der Waals surface area contributed by atoms with Crippen molar-refractivity contribution < 1.29 is 33.3 Å². The van der Waals surface area contributed by atoms with E-state index in [4.69, 9.17) is 23.7 Å². The van der Waals surface area contributed by atoms with Gasteiger partial charge in [0.05, 0.1) is 12.8 Å². The van der Waals surface area contributed by atoms with Gasteiger partial charge in [0.15, 0.2) is 23.4 Å². The second-order valence-electron chi connectivity index (χ2n) is 9.05. The molecule has 0 saturated heterocycles. The van der Waals surface area contributed by atoms with Crippen LogP contribution in [0.1, 0.15) is 47.1 Å². The van der Waals surface area contributed by atoms with Crippen LogP contribution >= 0.6 is 15.9 Å². The first-order chi connectivity index (χ1) is 19.7. The SMILES string of the molecule is CCOc1cc(/C=N/NC(=O)c2ccc(COc3ccc(-n4c(C)ccc4C)cc3)o2)c(Br)cc1O[C@@H](C)C(=O)O. The Hall–Kier alpha value is -4.51. The van der Waals surface area contributed by atoms with E-state index >= 15 is 0 Å². The number of hydrogen-bond donors (Lipinski definition) is 2. The van der Waals surface area contributed by atoms with E-state index in [1.165, 1.54) is 13.1 Å². The minimum absolute atomic E-state index is 0.0788. The highest BCUT2D eigenvalue weighted by molar-refractivity contribution is 9.10. The van der Waals surface area contributed by atoms with E-state index in [0.717, 1.165) is 17.1 Å². The maximum absolute atomic E-state index is 12.5. The van der Waals surface area contributed by atoms with E-state index in [9.17, 15) is 9.59 Å². The fourth-order valence-corrected chi connectivity index (χ4v) is 4.39. The number of rotatable bonds is 12. The predicted octanol–water partition coefficient (Wildman–Crippen LogP) is 6.04. The lowest BCUT2D eigenvalue weighted by Gasteiger charge is -2.16. The van der Waals surface area contributed by atoms with E-state index in [2.05, 4.69) is 57.0 Å². The number of amides is 1. The molecule has 11 heteroatoms. The van der Waals surface area contributed by atoms with Crippen LogP contribution in [0.3, 0.4) is 0 Å². The molecular weight excluding hydrogens is 594 g/mol. The van der Waals surface area contributed by atoms with Gasteiger partial charge in [-0.15, -0.1) is 0 Å². The number of ether oxygens (including phenoxy) is 3. The van der Waals surface area contributed by atoms with E-state index < -0.39 is 18.0 Å². The summed E-state index contributed by atoms with van der Waals surface area (Å²) < 4.78 is 25.2. The lowest BCUT2D eigenvalue weighted by molar-refractivity contribution is -0.144. The number of hydrazone groups is 1. The molecule has 1 atom stereocenters. The molecule has 214 valence electrons. The van der Waals surface area contributed by atoms with Gasteiger partial charge in [-0.2, -0.15) is 5.10 Å². The van der Waals surface area contributed by atoms with Gasteiger partial charge in [-0.3, -0.25) is 4.79 Å². The van der Waals surface area contributed by atoms with Crippen molar-refractivity contribution in [2.75, 3.05) is 6.61 Å². The molecule has 2 heterocycles. The molecule has 4 aromatic rings. The van der Waals surface area contributed by atoms with Crippen LogP contribution in [0, 0.1) is 13.8 Å². The monoisotopic (exact) mass is 623 g/mol. The fraction of sp³-hybridized carbons (Fsp3) is 0.233. The maximum atomic E-state index is 12.5. The van der Waals surface area contributed by atoms with Crippen LogP contribution in [-0.4, -0.2) is 40.5 Å². The summed E-state index contributed by atoms with van der Waals surface area (Å²) in [5.74, 6) is 0.210. The number of nitrogens with zero attached hydrogens (tertiary/aromatic N) is 2. The smallest absolute Gasteiger partial charge is 0.344 e. The summed E-state index contributed by atoms with van der Waals surface area (Å²) >= 11 is 3.41. The molecule has 10 nitrogen and oxygen atoms in total. The average Bonchev–Trinajstić information content (AvgIpc) is 3.56. The van der Waals surface area contributed by atoms with Crippen molar-refractivity contribution in [1.29, 1.82) is 0 Å². The van der Waals surface area contributed by atoms with Gasteiger partial charge in [0.25, 0.3) is 0 Å². The Morgan fingerprint density at radius 1 is 1.05 bits per heavy atom. The number of halogens is 1. The van der Waals surface area contributed by atoms with E-state index in [-0.39, 0.29) is 18.1 Å². The minimum atomic E-state index is -1.10. The van der Waals surface area contributed by atoms with Crippen molar-refractivity contribution in [2.45, 2.75) is 40.4 Å². The Labute approximate surface area is 245 Å². The Bertz CT molecular complexity index is 1540. The molecule has 1 amide bonds. The third-order valence-corrected chi connectivity index (χ3v) is 6.70. The van der Waals surface area contributed by atoms with Gasteiger partial charge in [0.1, 0.15) is 18.1 Å². The first-order valence-corrected chi connectivity index (χ1v) is 13.6. The number of carboxylic acid groups (broad SMARTS) is 1. The average molecular weight is 624 g/mol. The Balaban J connectivity index is 1.34. The van der Waals surface area contributed by atoms with Crippen LogP contribution in [0.5, 0.6) is 17.2 Å². The molecule has 2 aromatic carbocycles. The topological polar surface area (TPSA) is 125 Å². The van der Waals surface area contributed by atoms with Gasteiger partial charge in [0, 0.05) is 27.1 Å². The van der Waals surface area contributed by atoms with Crippen molar-refractivity contribution >= 4 is 34.0 Å². The summed E-state index contributed by atoms with van der Waals surface area (Å²) in [6.07, 6.45) is 0.357. The van der Waals surface area contributed by atoms with E-state index in [0.29, 0.717) is 33.9 Å². The zero-order chi connectivity index (χ0) is 29.5. The van der Waals surface area contributed by atoms with Gasteiger partial charge in [0.2, 0.25) is 0 Å². The fourth-order valence-electron chi connectivity index (χ4n) is 3.97. The molecule has 0 aliphatic carbocycles. The molecule has 0 saturated carbocycles. The molecule has 0 unspecified atom stereocenters. The number of hydrogen-bond acceptors (Lipinski definition) is 7. The molecular formula is C30H30BrN3O7. The normalized spacial score (nSPS) is 11.8. The summed E-state index contributed by atoms with van der Waals surface area (Å²) in [4.78, 5) is 23.7. The van der Waals surface area contributed by atoms with Crippen molar-refractivity contribution in [2.24, 2.45) is 5.10 Å². The van der Waals surface area contributed by atoms with Gasteiger partial charge < -0.3 is 28.3 Å². The molecule has 2 N–H and O–H groups in total. The summed E-state index contributed by atoms with van der Waals surface area (Å²) in [5, 5.41) is 13.1. The lowest BCUT2D eigenvalue weighted by atomic mass is 10.2. The number of carbonyl (C=O) groups excluding carboxylic acids is 1. The largest absolute Gasteiger partial charge is 0.490 e. The quantitative estimate of drug-likeness (QED) is 0.145. The molecule has 2 aromatic heterocycles. The highest BCUT2D eigenvalue weighted by atomic mass is 79.9. The number of aliphatic carboxylic acids is 1. The minimum Gasteiger partial charge on any atom is -0.490 e. The summed E-state index contributed by atoms with van der Waals surface area (Å²) in [7, 11) is 0. The second-order valence-corrected chi connectivity index (χ2v) is 9.91.